The topological polar surface area (TPSA) is 130 Å². The number of nitro groups is 1. The summed E-state index contributed by atoms with van der Waals surface area (Å²) in [7, 11) is -4.00. The Hall–Kier alpha value is -4.89. The first-order valence-corrected chi connectivity index (χ1v) is 12.6. The highest BCUT2D eigenvalue weighted by Gasteiger charge is 2.17. The van der Waals surface area contributed by atoms with Crippen LogP contribution in [0, 0.1) is 10.1 Å². The third kappa shape index (κ3) is 4.80. The van der Waals surface area contributed by atoms with Gasteiger partial charge in [-0.05, 0) is 76.0 Å². The lowest BCUT2D eigenvalue weighted by atomic mass is 9.94. The van der Waals surface area contributed by atoms with Crippen LogP contribution >= 0.6 is 0 Å². The van der Waals surface area contributed by atoms with E-state index in [2.05, 4.69) is 4.72 Å². The van der Waals surface area contributed by atoms with Crippen LogP contribution in [0.3, 0.4) is 0 Å². The zero-order valence-corrected chi connectivity index (χ0v) is 20.0. The number of nitrogens with one attached hydrogen (secondary N) is 1. The summed E-state index contributed by atoms with van der Waals surface area (Å²) in [5.74, 6) is 0.199. The second kappa shape index (κ2) is 9.29. The molecule has 5 aromatic rings. The zero-order chi connectivity index (χ0) is 26.2. The van der Waals surface area contributed by atoms with Gasteiger partial charge in [0, 0.05) is 23.4 Å². The molecule has 5 aromatic carbocycles. The molecule has 0 aliphatic rings. The van der Waals surface area contributed by atoms with Gasteiger partial charge in [-0.25, -0.2) is 8.42 Å². The molecule has 37 heavy (non-hydrogen) atoms. The Morgan fingerprint density at radius 3 is 2.16 bits per heavy atom. The van der Waals surface area contributed by atoms with E-state index >= 15 is 0 Å². The van der Waals surface area contributed by atoms with Gasteiger partial charge in [0.05, 0.1) is 9.82 Å². The second-order valence-electron chi connectivity index (χ2n) is 8.38. The maximum Gasteiger partial charge on any atom is 0.269 e. The number of phenols is 2. The lowest BCUT2D eigenvalue weighted by Gasteiger charge is -2.13. The van der Waals surface area contributed by atoms with Gasteiger partial charge in [-0.15, -0.1) is 0 Å². The molecule has 0 fully saturated rings. The van der Waals surface area contributed by atoms with Crippen molar-refractivity contribution in [3.05, 3.63) is 113 Å². The summed E-state index contributed by atoms with van der Waals surface area (Å²) in [6.45, 7) is 0. The Bertz CT molecular complexity index is 1770. The highest BCUT2D eigenvalue weighted by molar-refractivity contribution is 7.92. The molecular weight excluding hydrogens is 492 g/mol. The number of nitro benzene ring substituents is 1. The molecule has 0 atom stereocenters. The molecule has 8 nitrogen and oxygen atoms in total. The fraction of sp³-hybridized carbons (Fsp3) is 0. The van der Waals surface area contributed by atoms with Crippen LogP contribution in [-0.4, -0.2) is 23.6 Å². The molecule has 0 aliphatic carbocycles. The smallest absolute Gasteiger partial charge is 0.269 e. The predicted molar refractivity (Wildman–Crippen MR) is 142 cm³/mol. The Labute approximate surface area is 212 Å². The van der Waals surface area contributed by atoms with Crippen LogP contribution in [0.1, 0.15) is 0 Å². The molecule has 0 unspecified atom stereocenters. The van der Waals surface area contributed by atoms with Crippen LogP contribution in [0.25, 0.3) is 33.0 Å². The van der Waals surface area contributed by atoms with Crippen molar-refractivity contribution in [1.29, 1.82) is 0 Å². The summed E-state index contributed by atoms with van der Waals surface area (Å²) >= 11 is 0. The zero-order valence-electron chi connectivity index (χ0n) is 19.2. The number of nitrogens with zero attached hydrogens (tertiary/aromatic N) is 1. The minimum absolute atomic E-state index is 0.0352. The van der Waals surface area contributed by atoms with Crippen molar-refractivity contribution in [2.45, 2.75) is 4.90 Å². The number of fused-ring (bicyclic) bond motifs is 1. The quantitative estimate of drug-likeness (QED) is 0.181. The molecule has 0 saturated carbocycles. The van der Waals surface area contributed by atoms with Gasteiger partial charge in [-0.1, -0.05) is 42.5 Å². The van der Waals surface area contributed by atoms with Crippen molar-refractivity contribution < 1.29 is 23.6 Å². The summed E-state index contributed by atoms with van der Waals surface area (Å²) in [5, 5.41) is 33.0. The average molecular weight is 513 g/mol. The van der Waals surface area contributed by atoms with E-state index in [-0.39, 0.29) is 27.8 Å². The average Bonchev–Trinajstić information content (AvgIpc) is 2.88. The van der Waals surface area contributed by atoms with Crippen molar-refractivity contribution in [2.24, 2.45) is 0 Å². The third-order valence-corrected chi connectivity index (χ3v) is 7.34. The molecule has 0 radical (unpaired) electrons. The lowest BCUT2D eigenvalue weighted by molar-refractivity contribution is -0.384. The van der Waals surface area contributed by atoms with Crippen LogP contribution in [0.4, 0.5) is 11.4 Å². The molecule has 5 rings (SSSR count). The minimum atomic E-state index is -4.00. The number of benzene rings is 5. The fourth-order valence-electron chi connectivity index (χ4n) is 4.19. The van der Waals surface area contributed by atoms with Gasteiger partial charge in [0.15, 0.2) is 0 Å². The van der Waals surface area contributed by atoms with Gasteiger partial charge < -0.3 is 10.2 Å². The van der Waals surface area contributed by atoms with Crippen molar-refractivity contribution in [2.75, 3.05) is 4.72 Å². The number of hydrogen-bond donors (Lipinski definition) is 3. The van der Waals surface area contributed by atoms with E-state index in [4.69, 9.17) is 0 Å². The van der Waals surface area contributed by atoms with Gasteiger partial charge in [0.25, 0.3) is 15.7 Å². The van der Waals surface area contributed by atoms with E-state index in [1.807, 2.05) is 24.3 Å². The Morgan fingerprint density at radius 2 is 1.43 bits per heavy atom. The molecule has 9 heteroatoms. The number of sulfonamides is 1. The first-order chi connectivity index (χ1) is 17.7. The number of anilines is 1. The third-order valence-electron chi connectivity index (χ3n) is 5.94. The summed E-state index contributed by atoms with van der Waals surface area (Å²) in [5.41, 5.74) is 2.93. The normalized spacial score (nSPS) is 11.4. The monoisotopic (exact) mass is 512 g/mol. The lowest BCUT2D eigenvalue weighted by Crippen LogP contribution is -2.12. The van der Waals surface area contributed by atoms with E-state index in [0.717, 1.165) is 34.0 Å². The first kappa shape index (κ1) is 23.8. The van der Waals surface area contributed by atoms with Gasteiger partial charge in [-0.2, -0.15) is 0 Å². The predicted octanol–water partition coefficient (Wildman–Crippen LogP) is 6.29. The number of aromatic hydroxyl groups is 2. The molecule has 0 heterocycles. The van der Waals surface area contributed by atoms with Crippen LogP contribution in [0.2, 0.25) is 0 Å². The van der Waals surface area contributed by atoms with Crippen LogP contribution < -0.4 is 4.72 Å². The van der Waals surface area contributed by atoms with Crippen LogP contribution in [0.15, 0.2) is 108 Å². The molecule has 0 spiro atoms. The summed E-state index contributed by atoms with van der Waals surface area (Å²) in [6, 6.07) is 27.2. The van der Waals surface area contributed by atoms with Crippen molar-refractivity contribution in [1.82, 2.24) is 0 Å². The Balaban J connectivity index is 1.51. The largest absolute Gasteiger partial charge is 0.508 e. The highest BCUT2D eigenvalue weighted by atomic mass is 32.2. The molecular formula is C28H20N2O6S. The van der Waals surface area contributed by atoms with E-state index in [1.165, 1.54) is 12.1 Å². The van der Waals surface area contributed by atoms with Gasteiger partial charge >= 0.3 is 0 Å². The first-order valence-electron chi connectivity index (χ1n) is 11.1. The fourth-order valence-corrected chi connectivity index (χ4v) is 5.24. The number of phenolic OH excluding ortho intramolecular Hbond substituents is 2. The highest BCUT2D eigenvalue weighted by Crippen LogP contribution is 2.39. The minimum Gasteiger partial charge on any atom is -0.508 e. The summed E-state index contributed by atoms with van der Waals surface area (Å²) < 4.78 is 28.2. The van der Waals surface area contributed by atoms with Gasteiger partial charge in [0.1, 0.15) is 11.5 Å². The van der Waals surface area contributed by atoms with E-state index in [9.17, 15) is 28.7 Å². The van der Waals surface area contributed by atoms with E-state index in [0.29, 0.717) is 11.1 Å². The number of hydrogen-bond acceptors (Lipinski definition) is 6. The summed E-state index contributed by atoms with van der Waals surface area (Å²) in [6.07, 6.45) is 0. The molecule has 3 N–H and O–H groups in total. The van der Waals surface area contributed by atoms with E-state index < -0.39 is 14.9 Å². The van der Waals surface area contributed by atoms with Crippen LogP contribution in [-0.2, 0) is 10.0 Å². The van der Waals surface area contributed by atoms with Crippen molar-refractivity contribution in [3.63, 3.8) is 0 Å². The molecule has 0 bridgehead atoms. The number of rotatable bonds is 6. The molecule has 184 valence electrons. The Morgan fingerprint density at radius 1 is 0.730 bits per heavy atom. The van der Waals surface area contributed by atoms with Crippen molar-refractivity contribution in [3.8, 4) is 33.8 Å². The standard InChI is InChI=1S/C28H20N2O6S/c31-24-6-2-3-18(17-24)19-7-13-26-20(15-19)8-14-27(32)28(26)21-4-1-5-22(16-21)29-37(35,36)25-11-9-23(10-12-25)30(33)34/h1-17,29,31-32H. The number of non-ortho nitro benzene ring substituents is 1. The van der Waals surface area contributed by atoms with Crippen molar-refractivity contribution >= 4 is 32.2 Å². The maximum atomic E-state index is 12.9. The Kier molecular flexibility index (Phi) is 5.98. The molecule has 0 aromatic heterocycles. The summed E-state index contributed by atoms with van der Waals surface area (Å²) in [4.78, 5) is 10.1. The maximum absolute atomic E-state index is 12.9. The van der Waals surface area contributed by atoms with E-state index in [1.54, 1.807) is 54.6 Å². The molecule has 0 saturated heterocycles. The SMILES string of the molecule is O=[N+]([O-])c1ccc(S(=O)(=O)Nc2cccc(-c3c(O)ccc4cc(-c5cccc(O)c5)ccc34)c2)cc1. The van der Waals surface area contributed by atoms with Crippen LogP contribution in [0.5, 0.6) is 11.5 Å². The molecule has 0 amide bonds. The molecule has 0 aliphatic heterocycles. The van der Waals surface area contributed by atoms with Gasteiger partial charge in [-0.3, -0.25) is 14.8 Å². The van der Waals surface area contributed by atoms with Gasteiger partial charge in [0.2, 0.25) is 0 Å². The second-order valence-corrected chi connectivity index (χ2v) is 10.1.